The normalized spacial score (nSPS) is 14.4. The van der Waals surface area contributed by atoms with Gasteiger partial charge >= 0.3 is 0 Å². The minimum Gasteiger partial charge on any atom is -0.349 e. The SMILES string of the molecule is CC(Sc1cc(C(=O)NC2CC2)c2ccccc2n1)C(=O)Nc1ccc(Cl)cc1. The fraction of sp³-hybridized carbons (Fsp3) is 0.227. The summed E-state index contributed by atoms with van der Waals surface area (Å²) in [6.45, 7) is 1.82. The fourth-order valence-electron chi connectivity index (χ4n) is 2.90. The van der Waals surface area contributed by atoms with Crippen LogP contribution in [0, 0.1) is 0 Å². The maximum Gasteiger partial charge on any atom is 0.252 e. The van der Waals surface area contributed by atoms with Gasteiger partial charge in [-0.25, -0.2) is 4.98 Å². The molecule has 148 valence electrons. The summed E-state index contributed by atoms with van der Waals surface area (Å²) in [5.41, 5.74) is 2.02. The number of para-hydroxylation sites is 1. The zero-order valence-electron chi connectivity index (χ0n) is 15.8. The van der Waals surface area contributed by atoms with Gasteiger partial charge in [-0.1, -0.05) is 41.6 Å². The Kier molecular flexibility index (Phi) is 5.74. The lowest BCUT2D eigenvalue weighted by atomic mass is 10.1. The van der Waals surface area contributed by atoms with Gasteiger partial charge in [0, 0.05) is 22.1 Å². The van der Waals surface area contributed by atoms with Crippen LogP contribution >= 0.6 is 23.4 Å². The fourth-order valence-corrected chi connectivity index (χ4v) is 3.89. The third kappa shape index (κ3) is 4.89. The number of carbonyl (C=O) groups excluding carboxylic acids is 2. The average Bonchev–Trinajstić information content (AvgIpc) is 3.53. The van der Waals surface area contributed by atoms with Crippen molar-refractivity contribution in [2.75, 3.05) is 5.32 Å². The van der Waals surface area contributed by atoms with Crippen LogP contribution in [0.4, 0.5) is 5.69 Å². The van der Waals surface area contributed by atoms with Gasteiger partial charge in [0.15, 0.2) is 0 Å². The number of halogens is 1. The number of amides is 2. The predicted molar refractivity (Wildman–Crippen MR) is 118 cm³/mol. The zero-order valence-corrected chi connectivity index (χ0v) is 17.4. The maximum absolute atomic E-state index is 12.7. The van der Waals surface area contributed by atoms with E-state index in [1.807, 2.05) is 31.2 Å². The van der Waals surface area contributed by atoms with Gasteiger partial charge < -0.3 is 10.6 Å². The molecule has 0 bridgehead atoms. The van der Waals surface area contributed by atoms with Crippen LogP contribution < -0.4 is 10.6 Å². The summed E-state index contributed by atoms with van der Waals surface area (Å²) >= 11 is 7.21. The maximum atomic E-state index is 12.7. The van der Waals surface area contributed by atoms with Gasteiger partial charge in [0.1, 0.15) is 0 Å². The first-order valence-corrected chi connectivity index (χ1v) is 10.7. The molecule has 3 aromatic rings. The van der Waals surface area contributed by atoms with Crippen LogP contribution in [0.1, 0.15) is 30.1 Å². The van der Waals surface area contributed by atoms with E-state index in [-0.39, 0.29) is 17.9 Å². The Morgan fingerprint density at radius 2 is 1.86 bits per heavy atom. The van der Waals surface area contributed by atoms with Crippen molar-refractivity contribution in [2.24, 2.45) is 0 Å². The summed E-state index contributed by atoms with van der Waals surface area (Å²) < 4.78 is 0. The monoisotopic (exact) mass is 425 g/mol. The topological polar surface area (TPSA) is 71.1 Å². The number of thioether (sulfide) groups is 1. The number of nitrogens with zero attached hydrogens (tertiary/aromatic N) is 1. The molecule has 1 aromatic heterocycles. The van der Waals surface area contributed by atoms with Gasteiger partial charge in [0.25, 0.3) is 5.91 Å². The van der Waals surface area contributed by atoms with Gasteiger partial charge in [0.05, 0.1) is 21.4 Å². The molecule has 0 spiro atoms. The quantitative estimate of drug-likeness (QED) is 0.551. The molecule has 2 amide bonds. The number of rotatable bonds is 6. The molecule has 1 atom stereocenters. The van der Waals surface area contributed by atoms with Crippen molar-refractivity contribution in [3.05, 3.63) is 65.2 Å². The highest BCUT2D eigenvalue weighted by atomic mass is 35.5. The van der Waals surface area contributed by atoms with Gasteiger partial charge in [-0.2, -0.15) is 0 Å². The molecule has 0 radical (unpaired) electrons. The van der Waals surface area contributed by atoms with Gasteiger partial charge in [-0.05, 0) is 56.2 Å². The lowest BCUT2D eigenvalue weighted by molar-refractivity contribution is -0.115. The number of carbonyl (C=O) groups is 2. The van der Waals surface area contributed by atoms with E-state index in [2.05, 4.69) is 15.6 Å². The molecule has 1 aliphatic carbocycles. The van der Waals surface area contributed by atoms with E-state index in [1.165, 1.54) is 11.8 Å². The van der Waals surface area contributed by atoms with Crippen LogP contribution in [0.5, 0.6) is 0 Å². The van der Waals surface area contributed by atoms with Gasteiger partial charge in [-0.3, -0.25) is 9.59 Å². The van der Waals surface area contributed by atoms with Crippen molar-refractivity contribution >= 4 is 51.8 Å². The van der Waals surface area contributed by atoms with Crippen LogP contribution in [-0.2, 0) is 4.79 Å². The van der Waals surface area contributed by atoms with Crippen molar-refractivity contribution < 1.29 is 9.59 Å². The lowest BCUT2D eigenvalue weighted by Gasteiger charge is -2.14. The number of anilines is 1. The van der Waals surface area contributed by atoms with Crippen molar-refractivity contribution in [2.45, 2.75) is 36.1 Å². The molecule has 29 heavy (non-hydrogen) atoms. The van der Waals surface area contributed by atoms with E-state index in [0.29, 0.717) is 21.3 Å². The molecule has 1 fully saturated rings. The second-order valence-corrected chi connectivity index (χ2v) is 8.83. The first-order chi connectivity index (χ1) is 14.0. The molecule has 1 aliphatic rings. The lowest BCUT2D eigenvalue weighted by Crippen LogP contribution is -2.26. The van der Waals surface area contributed by atoms with Crippen molar-refractivity contribution in [3.8, 4) is 0 Å². The summed E-state index contributed by atoms with van der Waals surface area (Å²) in [6, 6.07) is 16.6. The third-order valence-electron chi connectivity index (χ3n) is 4.63. The van der Waals surface area contributed by atoms with Crippen LogP contribution in [0.15, 0.2) is 59.6 Å². The van der Waals surface area contributed by atoms with Crippen LogP contribution in [0.3, 0.4) is 0 Å². The highest BCUT2D eigenvalue weighted by Gasteiger charge is 2.25. The number of benzene rings is 2. The van der Waals surface area contributed by atoms with E-state index in [1.54, 1.807) is 30.3 Å². The summed E-state index contributed by atoms with van der Waals surface area (Å²) in [7, 11) is 0. The molecule has 0 saturated heterocycles. The Balaban J connectivity index is 1.54. The van der Waals surface area contributed by atoms with Crippen LogP contribution in [0.25, 0.3) is 10.9 Å². The Morgan fingerprint density at radius 3 is 2.59 bits per heavy atom. The molecular weight excluding hydrogens is 406 g/mol. The third-order valence-corrected chi connectivity index (χ3v) is 5.90. The second kappa shape index (κ2) is 8.43. The number of pyridine rings is 1. The molecule has 2 aromatic carbocycles. The number of nitrogens with one attached hydrogen (secondary N) is 2. The summed E-state index contributed by atoms with van der Waals surface area (Å²) in [5.74, 6) is -0.234. The molecule has 2 N–H and O–H groups in total. The zero-order chi connectivity index (χ0) is 20.4. The molecule has 1 saturated carbocycles. The minimum atomic E-state index is -0.390. The first-order valence-electron chi connectivity index (χ1n) is 9.43. The Hall–Kier alpha value is -2.57. The average molecular weight is 426 g/mol. The van der Waals surface area contributed by atoms with Crippen molar-refractivity contribution in [1.82, 2.24) is 10.3 Å². The Bertz CT molecular complexity index is 1070. The Morgan fingerprint density at radius 1 is 1.14 bits per heavy atom. The standard InChI is InChI=1S/C22H20ClN3O2S/c1-13(21(27)24-15-8-6-14(23)7-9-15)29-20-12-18(22(28)25-16-10-11-16)17-4-2-3-5-19(17)26-20/h2-9,12-13,16H,10-11H2,1H3,(H,24,27)(H,25,28). The summed E-state index contributed by atoms with van der Waals surface area (Å²) in [5, 5.41) is 7.59. The summed E-state index contributed by atoms with van der Waals surface area (Å²) in [6.07, 6.45) is 2.05. The molecular formula is C22H20ClN3O2S. The van der Waals surface area contributed by atoms with Gasteiger partial charge in [-0.15, -0.1) is 0 Å². The van der Waals surface area contributed by atoms with Crippen LogP contribution in [0.2, 0.25) is 5.02 Å². The predicted octanol–water partition coefficient (Wildman–Crippen LogP) is 4.90. The van der Waals surface area contributed by atoms with E-state index in [0.717, 1.165) is 23.7 Å². The summed E-state index contributed by atoms with van der Waals surface area (Å²) in [4.78, 5) is 29.9. The van der Waals surface area contributed by atoms with E-state index in [4.69, 9.17) is 11.6 Å². The molecule has 4 rings (SSSR count). The molecule has 7 heteroatoms. The van der Waals surface area contributed by atoms with Crippen molar-refractivity contribution in [3.63, 3.8) is 0 Å². The highest BCUT2D eigenvalue weighted by Crippen LogP contribution is 2.28. The van der Waals surface area contributed by atoms with Crippen molar-refractivity contribution in [1.29, 1.82) is 0 Å². The van der Waals surface area contributed by atoms with Gasteiger partial charge in [0.2, 0.25) is 5.91 Å². The van der Waals surface area contributed by atoms with E-state index < -0.39 is 5.25 Å². The largest absolute Gasteiger partial charge is 0.349 e. The second-order valence-electron chi connectivity index (χ2n) is 7.03. The number of hydrogen-bond acceptors (Lipinski definition) is 4. The number of aromatic nitrogens is 1. The minimum absolute atomic E-state index is 0.0915. The first kappa shape index (κ1) is 19.7. The van der Waals surface area contributed by atoms with E-state index >= 15 is 0 Å². The smallest absolute Gasteiger partial charge is 0.252 e. The van der Waals surface area contributed by atoms with E-state index in [9.17, 15) is 9.59 Å². The highest BCUT2D eigenvalue weighted by molar-refractivity contribution is 8.00. The number of hydrogen-bond donors (Lipinski definition) is 2. The Labute approximate surface area is 178 Å². The molecule has 1 unspecified atom stereocenters. The van der Waals surface area contributed by atoms with Crippen LogP contribution in [-0.4, -0.2) is 28.1 Å². The molecule has 0 aliphatic heterocycles. The molecule has 1 heterocycles. The molecule has 5 nitrogen and oxygen atoms in total. The number of fused-ring (bicyclic) bond motifs is 1.